The lowest BCUT2D eigenvalue weighted by Crippen LogP contribution is -1.83. The molecule has 1 nitrogen and oxygen atoms in total. The number of hydrogen-bond donors (Lipinski definition) is 1. The van der Waals surface area contributed by atoms with E-state index in [9.17, 15) is 5.11 Å². The smallest absolute Gasteiger partial charge is 0.124 e. The molecular weight excluding hydrogens is 196 g/mol. The van der Waals surface area contributed by atoms with Gasteiger partial charge in [-0.1, -0.05) is 50.0 Å². The maximum atomic E-state index is 9.85. The summed E-state index contributed by atoms with van der Waals surface area (Å²) in [5, 5.41) is 11.7. The Balaban J connectivity index is 2.67. The van der Waals surface area contributed by atoms with Crippen LogP contribution in [0.4, 0.5) is 0 Å². The number of rotatable bonds is 0. The average molecular weight is 210 g/mol. The van der Waals surface area contributed by atoms with Gasteiger partial charge >= 0.3 is 0 Å². The molecule has 0 atom stereocenters. The lowest BCUT2D eigenvalue weighted by Gasteiger charge is -2.03. The van der Waals surface area contributed by atoms with E-state index in [0.29, 0.717) is 11.7 Å². The summed E-state index contributed by atoms with van der Waals surface area (Å²) in [6.07, 6.45) is 0. The van der Waals surface area contributed by atoms with Gasteiger partial charge in [0, 0.05) is 16.9 Å². The van der Waals surface area contributed by atoms with E-state index in [1.54, 1.807) is 6.07 Å². The van der Waals surface area contributed by atoms with Gasteiger partial charge < -0.3 is 5.11 Å². The highest BCUT2D eigenvalue weighted by Gasteiger charge is 2.02. The predicted octanol–water partition coefficient (Wildman–Crippen LogP) is 3.55. The summed E-state index contributed by atoms with van der Waals surface area (Å²) in [5.41, 5.74) is 0.893. The van der Waals surface area contributed by atoms with Gasteiger partial charge in [0.15, 0.2) is 0 Å². The molecule has 1 N–H and O–H groups in total. The van der Waals surface area contributed by atoms with Crippen molar-refractivity contribution in [3.05, 3.63) is 42.0 Å². The van der Waals surface area contributed by atoms with Gasteiger partial charge in [0.25, 0.3) is 0 Å². The van der Waals surface area contributed by atoms with Gasteiger partial charge in [-0.15, -0.1) is 0 Å². The van der Waals surface area contributed by atoms with Crippen LogP contribution in [0, 0.1) is 17.8 Å². The van der Waals surface area contributed by atoms with Crippen molar-refractivity contribution in [3.63, 3.8) is 0 Å². The second kappa shape index (κ2) is 4.28. The van der Waals surface area contributed by atoms with Crippen LogP contribution in [0.1, 0.15) is 19.4 Å². The summed E-state index contributed by atoms with van der Waals surface area (Å²) >= 11 is 0. The molecule has 2 aromatic rings. The molecule has 1 heteroatoms. The first-order valence-electron chi connectivity index (χ1n) is 5.41. The molecule has 0 aliphatic carbocycles. The molecule has 0 unspecified atom stereocenters. The van der Waals surface area contributed by atoms with Crippen molar-refractivity contribution in [2.75, 3.05) is 0 Å². The maximum Gasteiger partial charge on any atom is 0.124 e. The number of aromatic hydroxyl groups is 1. The van der Waals surface area contributed by atoms with Crippen molar-refractivity contribution < 1.29 is 5.11 Å². The molecule has 16 heavy (non-hydrogen) atoms. The van der Waals surface area contributed by atoms with Gasteiger partial charge in [0.2, 0.25) is 0 Å². The van der Waals surface area contributed by atoms with E-state index in [2.05, 4.69) is 25.7 Å². The van der Waals surface area contributed by atoms with Gasteiger partial charge in [0.05, 0.1) is 0 Å². The van der Waals surface area contributed by atoms with E-state index in [-0.39, 0.29) is 0 Å². The zero-order valence-corrected chi connectivity index (χ0v) is 9.49. The van der Waals surface area contributed by atoms with Crippen LogP contribution in [0.15, 0.2) is 36.4 Å². The molecule has 0 amide bonds. The summed E-state index contributed by atoms with van der Waals surface area (Å²) in [5.74, 6) is 6.87. The zero-order chi connectivity index (χ0) is 11.5. The molecule has 0 aromatic heterocycles. The first-order chi connectivity index (χ1) is 7.68. The third-order valence-electron chi connectivity index (χ3n) is 2.38. The lowest BCUT2D eigenvalue weighted by atomic mass is 10.0. The molecule has 0 radical (unpaired) electrons. The molecule has 0 saturated heterocycles. The lowest BCUT2D eigenvalue weighted by molar-refractivity contribution is 0.481. The number of fused-ring (bicyclic) bond motifs is 1. The molecule has 0 aliphatic heterocycles. The monoisotopic (exact) mass is 210 g/mol. The van der Waals surface area contributed by atoms with Gasteiger partial charge in [0.1, 0.15) is 5.75 Å². The van der Waals surface area contributed by atoms with Gasteiger partial charge in [-0.3, -0.25) is 0 Å². The Labute approximate surface area is 95.7 Å². The van der Waals surface area contributed by atoms with Crippen molar-refractivity contribution in [2.24, 2.45) is 5.92 Å². The second-order valence-corrected chi connectivity index (χ2v) is 4.10. The Kier molecular flexibility index (Phi) is 2.83. The average Bonchev–Trinajstić information content (AvgIpc) is 2.26. The van der Waals surface area contributed by atoms with E-state index < -0.39 is 0 Å². The minimum absolute atomic E-state index is 0.297. The highest BCUT2D eigenvalue weighted by Crippen LogP contribution is 2.27. The van der Waals surface area contributed by atoms with E-state index in [0.717, 1.165) is 16.3 Å². The molecule has 0 spiro atoms. The summed E-state index contributed by atoms with van der Waals surface area (Å²) in [6.45, 7) is 4.11. The summed E-state index contributed by atoms with van der Waals surface area (Å²) in [6, 6.07) is 11.4. The maximum absolute atomic E-state index is 9.85. The number of hydrogen-bond acceptors (Lipinski definition) is 1. The molecule has 2 aromatic carbocycles. The van der Waals surface area contributed by atoms with Crippen molar-refractivity contribution >= 4 is 10.8 Å². The summed E-state index contributed by atoms with van der Waals surface area (Å²) in [7, 11) is 0. The normalized spacial score (nSPS) is 10.2. The first-order valence-corrected chi connectivity index (χ1v) is 5.41. The number of benzene rings is 2. The third kappa shape index (κ3) is 2.01. The number of phenols is 1. The van der Waals surface area contributed by atoms with Gasteiger partial charge in [-0.2, -0.15) is 0 Å². The van der Waals surface area contributed by atoms with Crippen LogP contribution in [-0.2, 0) is 0 Å². The fourth-order valence-corrected chi connectivity index (χ4v) is 1.65. The second-order valence-electron chi connectivity index (χ2n) is 4.10. The summed E-state index contributed by atoms with van der Waals surface area (Å²) < 4.78 is 0. The van der Waals surface area contributed by atoms with Gasteiger partial charge in [-0.25, -0.2) is 0 Å². The Morgan fingerprint density at radius 3 is 2.44 bits per heavy atom. The van der Waals surface area contributed by atoms with Crippen molar-refractivity contribution in [3.8, 4) is 17.6 Å². The quantitative estimate of drug-likeness (QED) is 0.659. The SMILES string of the molecule is CC(C)C#Cc1cccc2cccc(O)c12. The van der Waals surface area contributed by atoms with Crippen molar-refractivity contribution in [2.45, 2.75) is 13.8 Å². The Hall–Kier alpha value is -1.94. The van der Waals surface area contributed by atoms with Crippen LogP contribution in [0.25, 0.3) is 10.8 Å². The van der Waals surface area contributed by atoms with E-state index in [1.165, 1.54) is 0 Å². The minimum Gasteiger partial charge on any atom is -0.507 e. The molecular formula is C15H14O. The molecule has 0 heterocycles. The highest BCUT2D eigenvalue weighted by molar-refractivity contribution is 5.93. The fraction of sp³-hybridized carbons (Fsp3) is 0.200. The van der Waals surface area contributed by atoms with Crippen LogP contribution in [0.5, 0.6) is 5.75 Å². The van der Waals surface area contributed by atoms with Crippen molar-refractivity contribution in [1.29, 1.82) is 0 Å². The van der Waals surface area contributed by atoms with Crippen LogP contribution in [0.3, 0.4) is 0 Å². The molecule has 0 aliphatic rings. The van der Waals surface area contributed by atoms with E-state index in [1.807, 2.05) is 30.3 Å². The number of phenolic OH excluding ortho intramolecular Hbond substituents is 1. The van der Waals surface area contributed by atoms with E-state index >= 15 is 0 Å². The van der Waals surface area contributed by atoms with Gasteiger partial charge in [-0.05, 0) is 17.5 Å². The predicted molar refractivity (Wildman–Crippen MR) is 67.3 cm³/mol. The minimum atomic E-state index is 0.297. The van der Waals surface area contributed by atoms with E-state index in [4.69, 9.17) is 0 Å². The molecule has 0 fully saturated rings. The summed E-state index contributed by atoms with van der Waals surface area (Å²) in [4.78, 5) is 0. The van der Waals surface area contributed by atoms with Crippen LogP contribution in [-0.4, -0.2) is 5.11 Å². The highest BCUT2D eigenvalue weighted by atomic mass is 16.3. The first kappa shape index (κ1) is 10.6. The molecule has 0 saturated carbocycles. The molecule has 80 valence electrons. The molecule has 0 bridgehead atoms. The van der Waals surface area contributed by atoms with Crippen molar-refractivity contribution in [1.82, 2.24) is 0 Å². The Morgan fingerprint density at radius 2 is 1.75 bits per heavy atom. The topological polar surface area (TPSA) is 20.2 Å². The third-order valence-corrected chi connectivity index (χ3v) is 2.38. The van der Waals surface area contributed by atoms with Crippen LogP contribution >= 0.6 is 0 Å². The Morgan fingerprint density at radius 1 is 1.06 bits per heavy atom. The van der Waals surface area contributed by atoms with Crippen LogP contribution < -0.4 is 0 Å². The fourth-order valence-electron chi connectivity index (χ4n) is 1.65. The largest absolute Gasteiger partial charge is 0.507 e. The zero-order valence-electron chi connectivity index (χ0n) is 9.49. The van der Waals surface area contributed by atoms with Crippen LogP contribution in [0.2, 0.25) is 0 Å². The Bertz CT molecular complexity index is 565. The standard InChI is InChI=1S/C15H14O/c1-11(2)9-10-13-6-3-5-12-7-4-8-14(16)15(12)13/h3-8,11,16H,1-2H3. The molecule has 2 rings (SSSR count).